The average molecular weight is 621 g/mol. The minimum atomic E-state index is -3.77. The van der Waals surface area contributed by atoms with Crippen molar-refractivity contribution in [3.63, 3.8) is 0 Å². The summed E-state index contributed by atoms with van der Waals surface area (Å²) in [6.07, 6.45) is 1.76. The summed E-state index contributed by atoms with van der Waals surface area (Å²) < 4.78 is 36.1. The van der Waals surface area contributed by atoms with Gasteiger partial charge in [-0.15, -0.1) is 0 Å². The zero-order valence-electron chi connectivity index (χ0n) is 25.6. The number of hydrogen-bond acceptors (Lipinski definition) is 6. The first-order valence-electron chi connectivity index (χ1n) is 14.4. The van der Waals surface area contributed by atoms with Gasteiger partial charge in [0.05, 0.1) is 34.5 Å². The molecule has 0 radical (unpaired) electrons. The molecule has 0 saturated heterocycles. The number of fused-ring (bicyclic) bond motifs is 2. The fourth-order valence-corrected chi connectivity index (χ4v) is 7.42. The van der Waals surface area contributed by atoms with Gasteiger partial charge in [0.1, 0.15) is 6.73 Å². The lowest BCUT2D eigenvalue weighted by Crippen LogP contribution is -2.41. The monoisotopic (exact) mass is 620 g/mol. The van der Waals surface area contributed by atoms with Gasteiger partial charge in [-0.3, -0.25) is 4.79 Å². The Morgan fingerprint density at radius 2 is 1.72 bits per heavy atom. The highest BCUT2D eigenvalue weighted by atomic mass is 32.2. The number of nitrogens with zero attached hydrogens (tertiary/aromatic N) is 3. The number of amides is 1. The van der Waals surface area contributed by atoms with Crippen molar-refractivity contribution in [3.8, 4) is 0 Å². The van der Waals surface area contributed by atoms with E-state index in [-0.39, 0.29) is 11.4 Å². The summed E-state index contributed by atoms with van der Waals surface area (Å²) >= 11 is 0. The Kier molecular flexibility index (Phi) is 8.16. The Morgan fingerprint density at radius 1 is 1.02 bits per heavy atom. The second-order valence-corrected chi connectivity index (χ2v) is 20.7. The zero-order chi connectivity index (χ0) is 31.2. The van der Waals surface area contributed by atoms with Crippen molar-refractivity contribution >= 4 is 40.7 Å². The number of nitrogens with one attached hydrogen (secondary N) is 1. The third-order valence-corrected chi connectivity index (χ3v) is 10.9. The highest BCUT2D eigenvalue weighted by molar-refractivity contribution is 7.89. The molecule has 0 aliphatic carbocycles. The van der Waals surface area contributed by atoms with Gasteiger partial charge in [-0.1, -0.05) is 56.0 Å². The van der Waals surface area contributed by atoms with Crippen LogP contribution in [0.4, 0.5) is 5.69 Å². The third kappa shape index (κ3) is 6.46. The van der Waals surface area contributed by atoms with Gasteiger partial charge in [0.15, 0.2) is 5.60 Å². The van der Waals surface area contributed by atoms with Crippen LogP contribution >= 0.6 is 0 Å². The van der Waals surface area contributed by atoms with Crippen LogP contribution in [0.25, 0.3) is 11.0 Å². The quantitative estimate of drug-likeness (QED) is 0.186. The molecule has 4 aromatic rings. The van der Waals surface area contributed by atoms with Crippen molar-refractivity contribution in [1.29, 1.82) is 0 Å². The zero-order valence-corrected chi connectivity index (χ0v) is 27.4. The van der Waals surface area contributed by atoms with E-state index in [2.05, 4.69) is 29.3 Å². The topological polar surface area (TPSA) is 114 Å². The Morgan fingerprint density at radius 3 is 2.40 bits per heavy atom. The van der Waals surface area contributed by atoms with Crippen LogP contribution in [-0.4, -0.2) is 49.2 Å². The fourth-order valence-electron chi connectivity index (χ4n) is 5.24. The maximum atomic E-state index is 14.0. The highest BCUT2D eigenvalue weighted by Gasteiger charge is 2.51. The van der Waals surface area contributed by atoms with Gasteiger partial charge < -0.3 is 19.3 Å². The van der Waals surface area contributed by atoms with Crippen molar-refractivity contribution in [3.05, 3.63) is 89.7 Å². The standard InChI is InChI=1S/C32H40N4O5SSi/c1-31(2,3)34-42(39,40)25-14-12-24(13-15-25)32(38)26-9-7-8-10-28(26)36(30(32)37)20-23-11-16-29-27(19-23)33-21-35(29)22-41-17-18-43(4,5)6/h7-16,19,21,34,38H,17-18,20,22H2,1-6H3. The van der Waals surface area contributed by atoms with E-state index in [1.54, 1.807) is 44.1 Å². The second-order valence-electron chi connectivity index (χ2n) is 13.4. The summed E-state index contributed by atoms with van der Waals surface area (Å²) in [6.45, 7) is 13.6. The summed E-state index contributed by atoms with van der Waals surface area (Å²) in [6, 6.07) is 19.9. The van der Waals surface area contributed by atoms with Gasteiger partial charge in [0.2, 0.25) is 10.0 Å². The smallest absolute Gasteiger partial charge is 0.268 e. The van der Waals surface area contributed by atoms with E-state index < -0.39 is 35.1 Å². The number of aliphatic hydroxyl groups is 1. The SMILES string of the molecule is CC(C)(C)NS(=O)(=O)c1ccc(C2(O)C(=O)N(Cc3ccc4c(c3)ncn4COCC[Si](C)(C)C)c3ccccc32)cc1. The van der Waals surface area contributed by atoms with Crippen molar-refractivity contribution in [2.75, 3.05) is 11.5 Å². The van der Waals surface area contributed by atoms with Gasteiger partial charge in [-0.05, 0) is 68.3 Å². The lowest BCUT2D eigenvalue weighted by atomic mass is 9.87. The van der Waals surface area contributed by atoms with Gasteiger partial charge >= 0.3 is 0 Å². The molecule has 1 unspecified atom stereocenters. The summed E-state index contributed by atoms with van der Waals surface area (Å²) in [7, 11) is -4.94. The van der Waals surface area contributed by atoms with Crippen LogP contribution in [0.1, 0.15) is 37.5 Å². The van der Waals surface area contributed by atoms with Gasteiger partial charge in [-0.2, -0.15) is 0 Å². The Hall–Kier alpha value is -3.35. The van der Waals surface area contributed by atoms with Gasteiger partial charge in [-0.25, -0.2) is 18.1 Å². The van der Waals surface area contributed by atoms with E-state index in [4.69, 9.17) is 4.74 Å². The number of anilines is 1. The predicted octanol–water partition coefficient (Wildman–Crippen LogP) is 5.21. The molecule has 1 aliphatic rings. The maximum Gasteiger partial charge on any atom is 0.268 e. The van der Waals surface area contributed by atoms with Crippen molar-refractivity contribution in [2.45, 2.75) is 75.8 Å². The molecule has 1 aromatic heterocycles. The van der Waals surface area contributed by atoms with Crippen LogP contribution in [0.5, 0.6) is 0 Å². The highest BCUT2D eigenvalue weighted by Crippen LogP contribution is 2.45. The van der Waals surface area contributed by atoms with E-state index in [1.807, 2.05) is 34.9 Å². The first kappa shape index (κ1) is 31.1. The first-order chi connectivity index (χ1) is 20.1. The number of para-hydroxylation sites is 1. The molecule has 0 bridgehead atoms. The van der Waals surface area contributed by atoms with E-state index in [0.29, 0.717) is 23.5 Å². The van der Waals surface area contributed by atoms with Crippen LogP contribution in [-0.2, 0) is 38.4 Å². The molecule has 0 saturated carbocycles. The number of benzene rings is 3. The van der Waals surface area contributed by atoms with Crippen LogP contribution in [0.15, 0.2) is 78.0 Å². The molecule has 9 nitrogen and oxygen atoms in total. The van der Waals surface area contributed by atoms with Crippen molar-refractivity contribution in [2.24, 2.45) is 0 Å². The molecule has 2 N–H and O–H groups in total. The number of rotatable bonds is 10. The molecule has 228 valence electrons. The van der Waals surface area contributed by atoms with Crippen LogP contribution in [0.3, 0.4) is 0 Å². The van der Waals surface area contributed by atoms with Crippen molar-refractivity contribution < 1.29 is 23.1 Å². The molecule has 11 heteroatoms. The maximum absolute atomic E-state index is 14.0. The largest absolute Gasteiger partial charge is 0.372 e. The Bertz CT molecular complexity index is 1760. The molecule has 0 fully saturated rings. The number of ether oxygens (including phenoxy) is 1. The number of aromatic nitrogens is 2. The number of imidazole rings is 1. The molecule has 1 amide bonds. The second kappa shape index (κ2) is 11.3. The van der Waals surface area contributed by atoms with E-state index in [9.17, 15) is 18.3 Å². The Balaban J connectivity index is 1.38. The molecule has 1 aliphatic heterocycles. The third-order valence-electron chi connectivity index (χ3n) is 7.42. The van der Waals surface area contributed by atoms with Crippen LogP contribution in [0, 0.1) is 0 Å². The van der Waals surface area contributed by atoms with Gasteiger partial charge in [0, 0.05) is 25.8 Å². The average Bonchev–Trinajstić information content (AvgIpc) is 3.42. The molecule has 1 atom stereocenters. The van der Waals surface area contributed by atoms with Crippen molar-refractivity contribution in [1.82, 2.24) is 14.3 Å². The molecule has 2 heterocycles. The number of carbonyl (C=O) groups excluding carboxylic acids is 1. The minimum Gasteiger partial charge on any atom is -0.372 e. The minimum absolute atomic E-state index is 0.0551. The number of carbonyl (C=O) groups is 1. The summed E-state index contributed by atoms with van der Waals surface area (Å²) in [5.74, 6) is -0.501. The Labute approximate surface area is 254 Å². The van der Waals surface area contributed by atoms with Gasteiger partial charge in [0.25, 0.3) is 5.91 Å². The predicted molar refractivity (Wildman–Crippen MR) is 171 cm³/mol. The molecular formula is C32H40N4O5SSi. The molecule has 3 aromatic carbocycles. The lowest BCUT2D eigenvalue weighted by molar-refractivity contribution is -0.132. The first-order valence-corrected chi connectivity index (χ1v) is 19.6. The van der Waals surface area contributed by atoms with E-state index in [1.165, 1.54) is 24.3 Å². The fraction of sp³-hybridized carbons (Fsp3) is 0.375. The lowest BCUT2D eigenvalue weighted by Gasteiger charge is -2.24. The summed E-state index contributed by atoms with van der Waals surface area (Å²) in [4.78, 5) is 20.1. The van der Waals surface area contributed by atoms with E-state index >= 15 is 0 Å². The number of sulfonamides is 1. The van der Waals surface area contributed by atoms with Crippen LogP contribution < -0.4 is 9.62 Å². The normalized spacial score (nSPS) is 17.6. The summed E-state index contributed by atoms with van der Waals surface area (Å²) in [5, 5.41) is 12.0. The summed E-state index contributed by atoms with van der Waals surface area (Å²) in [5.41, 5.74) is 1.32. The molecular weight excluding hydrogens is 581 g/mol. The van der Waals surface area contributed by atoms with E-state index in [0.717, 1.165) is 29.2 Å². The molecule has 43 heavy (non-hydrogen) atoms. The molecule has 5 rings (SSSR count). The van der Waals surface area contributed by atoms with Crippen LogP contribution in [0.2, 0.25) is 25.7 Å². The number of hydrogen-bond donors (Lipinski definition) is 2. The molecule has 0 spiro atoms.